The lowest BCUT2D eigenvalue weighted by Crippen LogP contribution is -2.59. The molecule has 0 aromatic rings. The largest absolute Gasteiger partial charge is 0.444 e. The molecule has 1 saturated heterocycles. The van der Waals surface area contributed by atoms with E-state index in [4.69, 9.17) is 9.57 Å². The minimum atomic E-state index is -0.645. The number of carbonyl (C=O) groups excluding carboxylic acids is 3. The molecule has 0 aromatic heterocycles. The summed E-state index contributed by atoms with van der Waals surface area (Å²) in [6, 6.07) is -0.645. The molecule has 0 bridgehead atoms. The van der Waals surface area contributed by atoms with Crippen molar-refractivity contribution in [2.75, 3.05) is 39.3 Å². The average molecular weight is 399 g/mol. The van der Waals surface area contributed by atoms with Crippen LogP contribution in [0.1, 0.15) is 34.6 Å². The van der Waals surface area contributed by atoms with Crippen molar-refractivity contribution in [1.82, 2.24) is 20.6 Å². The second-order valence-corrected chi connectivity index (χ2v) is 7.98. The summed E-state index contributed by atoms with van der Waals surface area (Å²) in [4.78, 5) is 45.4. The number of hydrogen-bond donors (Lipinski definition) is 2. The number of amides is 3. The van der Waals surface area contributed by atoms with E-state index in [-0.39, 0.29) is 30.9 Å². The molecule has 0 saturated carbocycles. The molecule has 0 spiro atoms. The van der Waals surface area contributed by atoms with Crippen LogP contribution >= 0.6 is 0 Å². The number of hydrogen-bond acceptors (Lipinski definition) is 6. The first-order valence-corrected chi connectivity index (χ1v) is 9.57. The van der Waals surface area contributed by atoms with Gasteiger partial charge in [0.2, 0.25) is 5.91 Å². The van der Waals surface area contributed by atoms with Crippen LogP contribution in [0.15, 0.2) is 12.7 Å². The van der Waals surface area contributed by atoms with Crippen molar-refractivity contribution in [2.45, 2.75) is 46.3 Å². The predicted molar refractivity (Wildman–Crippen MR) is 105 cm³/mol. The van der Waals surface area contributed by atoms with Crippen LogP contribution in [0.2, 0.25) is 0 Å². The van der Waals surface area contributed by atoms with Gasteiger partial charge in [0.1, 0.15) is 11.6 Å². The number of ether oxygens (including phenoxy) is 1. The maximum atomic E-state index is 12.6. The van der Waals surface area contributed by atoms with Crippen LogP contribution in [0.25, 0.3) is 0 Å². The molecule has 1 fully saturated rings. The summed E-state index contributed by atoms with van der Waals surface area (Å²) in [6.45, 7) is 14.9. The lowest BCUT2D eigenvalue weighted by molar-refractivity contribution is -0.141. The highest BCUT2D eigenvalue weighted by Crippen LogP contribution is 2.11. The Kier molecular flexibility index (Phi) is 9.40. The van der Waals surface area contributed by atoms with Crippen LogP contribution in [0.4, 0.5) is 4.79 Å². The fourth-order valence-corrected chi connectivity index (χ4v) is 2.74. The number of piperazine rings is 1. The average Bonchev–Trinajstić information content (AvgIpc) is 2.60. The van der Waals surface area contributed by atoms with Gasteiger partial charge in [0.05, 0.1) is 6.61 Å². The summed E-state index contributed by atoms with van der Waals surface area (Å²) >= 11 is 0. The molecule has 28 heavy (non-hydrogen) atoms. The maximum absolute atomic E-state index is 12.6. The van der Waals surface area contributed by atoms with Crippen LogP contribution in [-0.4, -0.2) is 78.7 Å². The van der Waals surface area contributed by atoms with Crippen LogP contribution in [0.3, 0.4) is 0 Å². The van der Waals surface area contributed by atoms with Gasteiger partial charge < -0.3 is 15.0 Å². The summed E-state index contributed by atoms with van der Waals surface area (Å²) in [5, 5.41) is 2.64. The van der Waals surface area contributed by atoms with E-state index in [1.54, 1.807) is 25.7 Å². The number of hydroxylamine groups is 1. The van der Waals surface area contributed by atoms with E-state index in [1.165, 1.54) is 6.08 Å². The van der Waals surface area contributed by atoms with Gasteiger partial charge in [0.15, 0.2) is 0 Å². The predicted octanol–water partition coefficient (Wildman–Crippen LogP) is 0.914. The van der Waals surface area contributed by atoms with Crippen molar-refractivity contribution in [3.05, 3.63) is 12.7 Å². The van der Waals surface area contributed by atoms with E-state index in [2.05, 4.69) is 17.4 Å². The third kappa shape index (κ3) is 8.26. The zero-order chi connectivity index (χ0) is 21.3. The lowest BCUT2D eigenvalue weighted by Gasteiger charge is -2.39. The smallest absolute Gasteiger partial charge is 0.407 e. The Hall–Kier alpha value is -2.13. The molecular formula is C19H34N4O5. The highest BCUT2D eigenvalue weighted by molar-refractivity contribution is 5.82. The summed E-state index contributed by atoms with van der Waals surface area (Å²) in [7, 11) is 0. The summed E-state index contributed by atoms with van der Waals surface area (Å²) < 4.78 is 5.23. The molecule has 1 rings (SSSR count). The van der Waals surface area contributed by atoms with Gasteiger partial charge in [0, 0.05) is 38.6 Å². The first-order chi connectivity index (χ1) is 13.0. The highest BCUT2D eigenvalue weighted by atomic mass is 16.6. The summed E-state index contributed by atoms with van der Waals surface area (Å²) in [5.41, 5.74) is 1.75. The molecule has 1 unspecified atom stereocenters. The van der Waals surface area contributed by atoms with Crippen LogP contribution < -0.4 is 10.8 Å². The van der Waals surface area contributed by atoms with Gasteiger partial charge in [-0.05, 0) is 20.8 Å². The Morgan fingerprint density at radius 2 is 1.75 bits per heavy atom. The standard InChI is InChI=1S/C19H34N4O5/c1-7-12-27-21-16(24)15(13-20-18(26)28-19(4,5)6)22-8-10-23(11-9-22)17(25)14(2)3/h7,14-15H,1,8-13H2,2-6H3,(H,20,26)(H,21,24). The topological polar surface area (TPSA) is 100 Å². The molecule has 9 heteroatoms. The van der Waals surface area contributed by atoms with Gasteiger partial charge in [-0.2, -0.15) is 0 Å². The third-order valence-corrected chi connectivity index (χ3v) is 4.08. The van der Waals surface area contributed by atoms with Gasteiger partial charge in [0.25, 0.3) is 5.91 Å². The first kappa shape index (κ1) is 23.9. The molecule has 1 aliphatic rings. The van der Waals surface area contributed by atoms with E-state index in [1.807, 2.05) is 18.7 Å². The van der Waals surface area contributed by atoms with Crippen LogP contribution in [0.5, 0.6) is 0 Å². The van der Waals surface area contributed by atoms with E-state index in [0.717, 1.165) is 0 Å². The molecule has 1 heterocycles. The number of nitrogens with one attached hydrogen (secondary N) is 2. The van der Waals surface area contributed by atoms with Crippen molar-refractivity contribution >= 4 is 17.9 Å². The Labute approximate surface area is 167 Å². The molecule has 2 N–H and O–H groups in total. The number of rotatable bonds is 8. The first-order valence-electron chi connectivity index (χ1n) is 9.57. The van der Waals surface area contributed by atoms with Crippen molar-refractivity contribution in [1.29, 1.82) is 0 Å². The Bertz CT molecular complexity index is 551. The number of carbonyl (C=O) groups is 3. The lowest BCUT2D eigenvalue weighted by atomic mass is 10.1. The second kappa shape index (κ2) is 11.0. The molecular weight excluding hydrogens is 364 g/mol. The minimum absolute atomic E-state index is 0.0632. The molecule has 0 aliphatic carbocycles. The van der Waals surface area contributed by atoms with Crippen molar-refractivity contribution < 1.29 is 24.0 Å². The molecule has 1 atom stereocenters. The minimum Gasteiger partial charge on any atom is -0.444 e. The van der Waals surface area contributed by atoms with Crippen LogP contribution in [-0.2, 0) is 19.2 Å². The fourth-order valence-electron chi connectivity index (χ4n) is 2.74. The second-order valence-electron chi connectivity index (χ2n) is 7.98. The van der Waals surface area contributed by atoms with Crippen LogP contribution in [0, 0.1) is 5.92 Å². The van der Waals surface area contributed by atoms with Gasteiger partial charge in [-0.1, -0.05) is 19.9 Å². The maximum Gasteiger partial charge on any atom is 0.407 e. The zero-order valence-corrected chi connectivity index (χ0v) is 17.6. The van der Waals surface area contributed by atoms with E-state index in [0.29, 0.717) is 26.2 Å². The fraction of sp³-hybridized carbons (Fsp3) is 0.737. The van der Waals surface area contributed by atoms with Gasteiger partial charge in [-0.3, -0.25) is 19.3 Å². The van der Waals surface area contributed by atoms with Crippen molar-refractivity contribution in [3.8, 4) is 0 Å². The number of alkyl carbamates (subject to hydrolysis) is 1. The Morgan fingerprint density at radius 1 is 1.14 bits per heavy atom. The molecule has 1 aliphatic heterocycles. The molecule has 3 amide bonds. The SMILES string of the molecule is C=CCONC(=O)C(CNC(=O)OC(C)(C)C)N1CCN(C(=O)C(C)C)CC1. The molecule has 0 radical (unpaired) electrons. The number of nitrogens with zero attached hydrogens (tertiary/aromatic N) is 2. The summed E-state index contributed by atoms with van der Waals surface area (Å²) in [5.74, 6) is -0.338. The monoisotopic (exact) mass is 398 g/mol. The van der Waals surface area contributed by atoms with Gasteiger partial charge >= 0.3 is 6.09 Å². The third-order valence-electron chi connectivity index (χ3n) is 4.08. The van der Waals surface area contributed by atoms with Crippen molar-refractivity contribution in [3.63, 3.8) is 0 Å². The summed E-state index contributed by atoms with van der Waals surface area (Å²) in [6.07, 6.45) is 0.927. The highest BCUT2D eigenvalue weighted by Gasteiger charge is 2.32. The molecule has 9 nitrogen and oxygen atoms in total. The Morgan fingerprint density at radius 3 is 2.25 bits per heavy atom. The van der Waals surface area contributed by atoms with E-state index in [9.17, 15) is 14.4 Å². The normalized spacial score (nSPS) is 16.4. The van der Waals surface area contributed by atoms with Gasteiger partial charge in [-0.25, -0.2) is 10.3 Å². The van der Waals surface area contributed by atoms with Crippen molar-refractivity contribution in [2.24, 2.45) is 5.92 Å². The Balaban J connectivity index is 2.70. The zero-order valence-electron chi connectivity index (χ0n) is 17.6. The quantitative estimate of drug-likeness (QED) is 0.358. The molecule has 0 aromatic carbocycles. The van der Waals surface area contributed by atoms with E-state index < -0.39 is 17.7 Å². The van der Waals surface area contributed by atoms with E-state index >= 15 is 0 Å². The molecule has 160 valence electrons. The van der Waals surface area contributed by atoms with Gasteiger partial charge in [-0.15, -0.1) is 6.58 Å².